The van der Waals surface area contributed by atoms with E-state index in [2.05, 4.69) is 5.32 Å². The second-order valence-electron chi connectivity index (χ2n) is 4.61. The fraction of sp³-hybridized carbons (Fsp3) is 0.250. The lowest BCUT2D eigenvalue weighted by Crippen LogP contribution is -2.07. The molecular formula is C16H17F2NO. The fourth-order valence-corrected chi connectivity index (χ4v) is 2.03. The standard InChI is InChI=1S/C16H17F2NO/c1-11-7-8-14(17)16(15(11)18)19-9-12-5-3-4-6-13(12)10-20-2/h3-8,19H,9-10H2,1-2H3. The second-order valence-corrected chi connectivity index (χ2v) is 4.61. The summed E-state index contributed by atoms with van der Waals surface area (Å²) in [7, 11) is 1.62. The molecule has 0 aliphatic rings. The molecule has 0 heterocycles. The molecule has 2 aromatic rings. The number of hydrogen-bond acceptors (Lipinski definition) is 2. The molecule has 0 amide bonds. The quantitative estimate of drug-likeness (QED) is 0.891. The summed E-state index contributed by atoms with van der Waals surface area (Å²) in [5.41, 5.74) is 2.28. The van der Waals surface area contributed by atoms with Gasteiger partial charge in [0.15, 0.2) is 5.82 Å². The second kappa shape index (κ2) is 6.48. The maximum absolute atomic E-state index is 13.9. The molecular weight excluding hydrogens is 260 g/mol. The average molecular weight is 277 g/mol. The fourth-order valence-electron chi connectivity index (χ4n) is 2.03. The van der Waals surface area contributed by atoms with Crippen LogP contribution in [-0.4, -0.2) is 7.11 Å². The van der Waals surface area contributed by atoms with Crippen molar-refractivity contribution >= 4 is 5.69 Å². The molecule has 0 radical (unpaired) electrons. The van der Waals surface area contributed by atoms with Crippen LogP contribution in [0.2, 0.25) is 0 Å². The van der Waals surface area contributed by atoms with Gasteiger partial charge in [0, 0.05) is 13.7 Å². The van der Waals surface area contributed by atoms with Crippen LogP contribution < -0.4 is 5.32 Å². The zero-order valence-corrected chi connectivity index (χ0v) is 11.5. The Morgan fingerprint density at radius 2 is 1.75 bits per heavy atom. The molecule has 0 saturated carbocycles. The molecule has 1 N–H and O–H groups in total. The number of ether oxygens (including phenoxy) is 1. The molecule has 4 heteroatoms. The van der Waals surface area contributed by atoms with E-state index in [1.54, 1.807) is 14.0 Å². The third-order valence-electron chi connectivity index (χ3n) is 3.16. The van der Waals surface area contributed by atoms with Gasteiger partial charge in [0.2, 0.25) is 0 Å². The minimum Gasteiger partial charge on any atom is -0.380 e. The Morgan fingerprint density at radius 3 is 2.45 bits per heavy atom. The van der Waals surface area contributed by atoms with Gasteiger partial charge in [0.1, 0.15) is 11.5 Å². The summed E-state index contributed by atoms with van der Waals surface area (Å²) < 4.78 is 32.7. The lowest BCUT2D eigenvalue weighted by molar-refractivity contribution is 0.184. The van der Waals surface area contributed by atoms with Crippen LogP contribution >= 0.6 is 0 Å². The van der Waals surface area contributed by atoms with Crippen molar-refractivity contribution in [2.24, 2.45) is 0 Å². The summed E-state index contributed by atoms with van der Waals surface area (Å²) in [6, 6.07) is 10.3. The highest BCUT2D eigenvalue weighted by Crippen LogP contribution is 2.23. The third-order valence-corrected chi connectivity index (χ3v) is 3.16. The number of methoxy groups -OCH3 is 1. The van der Waals surface area contributed by atoms with Crippen LogP contribution in [0.25, 0.3) is 0 Å². The molecule has 0 aliphatic carbocycles. The summed E-state index contributed by atoms with van der Waals surface area (Å²) in [6.45, 7) is 2.42. The van der Waals surface area contributed by atoms with E-state index < -0.39 is 11.6 Å². The summed E-state index contributed by atoms with van der Waals surface area (Å²) in [5, 5.41) is 2.83. The Bertz CT molecular complexity index is 599. The molecule has 2 rings (SSSR count). The summed E-state index contributed by atoms with van der Waals surface area (Å²) in [5.74, 6) is -1.13. The first-order chi connectivity index (χ1) is 9.63. The molecule has 2 nitrogen and oxygen atoms in total. The highest BCUT2D eigenvalue weighted by Gasteiger charge is 2.11. The number of benzene rings is 2. The van der Waals surface area contributed by atoms with Gasteiger partial charge in [0.05, 0.1) is 6.61 Å². The van der Waals surface area contributed by atoms with Gasteiger partial charge >= 0.3 is 0 Å². The van der Waals surface area contributed by atoms with E-state index in [1.807, 2.05) is 24.3 Å². The third kappa shape index (κ3) is 3.14. The Hall–Kier alpha value is -1.94. The van der Waals surface area contributed by atoms with Crippen LogP contribution in [0.3, 0.4) is 0 Å². The SMILES string of the molecule is COCc1ccccc1CNc1c(F)ccc(C)c1F. The van der Waals surface area contributed by atoms with E-state index in [9.17, 15) is 8.78 Å². The maximum atomic E-state index is 13.9. The molecule has 0 unspecified atom stereocenters. The van der Waals surface area contributed by atoms with Crippen molar-refractivity contribution in [2.45, 2.75) is 20.1 Å². The van der Waals surface area contributed by atoms with Gasteiger partial charge < -0.3 is 10.1 Å². The Balaban J connectivity index is 2.19. The van der Waals surface area contributed by atoms with Gasteiger partial charge in [-0.1, -0.05) is 30.3 Å². The molecule has 20 heavy (non-hydrogen) atoms. The van der Waals surface area contributed by atoms with Crippen LogP contribution in [0.5, 0.6) is 0 Å². The van der Waals surface area contributed by atoms with E-state index in [0.29, 0.717) is 18.7 Å². The van der Waals surface area contributed by atoms with Crippen molar-refractivity contribution in [3.63, 3.8) is 0 Å². The van der Waals surface area contributed by atoms with E-state index >= 15 is 0 Å². The first kappa shape index (κ1) is 14.5. The zero-order valence-electron chi connectivity index (χ0n) is 11.5. The van der Waals surface area contributed by atoms with E-state index in [1.165, 1.54) is 12.1 Å². The van der Waals surface area contributed by atoms with Gasteiger partial charge in [-0.15, -0.1) is 0 Å². The Kier molecular flexibility index (Phi) is 4.69. The summed E-state index contributed by atoms with van der Waals surface area (Å²) in [6.07, 6.45) is 0. The molecule has 0 spiro atoms. The van der Waals surface area contributed by atoms with Crippen molar-refractivity contribution in [1.82, 2.24) is 0 Å². The molecule has 2 aromatic carbocycles. The summed E-state index contributed by atoms with van der Waals surface area (Å²) >= 11 is 0. The van der Waals surface area contributed by atoms with E-state index in [0.717, 1.165) is 11.1 Å². The Labute approximate surface area is 117 Å². The molecule has 0 aromatic heterocycles. The van der Waals surface area contributed by atoms with Gasteiger partial charge in [-0.05, 0) is 29.7 Å². The monoisotopic (exact) mass is 277 g/mol. The number of aryl methyl sites for hydroxylation is 1. The highest BCUT2D eigenvalue weighted by atomic mass is 19.1. The van der Waals surface area contributed by atoms with Crippen molar-refractivity contribution < 1.29 is 13.5 Å². The molecule has 0 fully saturated rings. The zero-order chi connectivity index (χ0) is 14.5. The smallest absolute Gasteiger partial charge is 0.152 e. The molecule has 0 saturated heterocycles. The van der Waals surface area contributed by atoms with Gasteiger partial charge in [-0.25, -0.2) is 8.78 Å². The largest absolute Gasteiger partial charge is 0.380 e. The van der Waals surface area contributed by atoms with Crippen LogP contribution in [0.4, 0.5) is 14.5 Å². The van der Waals surface area contributed by atoms with Crippen molar-refractivity contribution in [3.8, 4) is 0 Å². The van der Waals surface area contributed by atoms with Crippen LogP contribution in [0.15, 0.2) is 36.4 Å². The van der Waals surface area contributed by atoms with E-state index in [4.69, 9.17) is 4.74 Å². The highest BCUT2D eigenvalue weighted by molar-refractivity contribution is 5.49. The maximum Gasteiger partial charge on any atom is 0.152 e. The minimum atomic E-state index is -0.586. The first-order valence-electron chi connectivity index (χ1n) is 6.37. The van der Waals surface area contributed by atoms with Gasteiger partial charge in [-0.2, -0.15) is 0 Å². The van der Waals surface area contributed by atoms with Crippen LogP contribution in [-0.2, 0) is 17.9 Å². The lowest BCUT2D eigenvalue weighted by Gasteiger charge is -2.13. The van der Waals surface area contributed by atoms with Gasteiger partial charge in [0.25, 0.3) is 0 Å². The average Bonchev–Trinajstić information content (AvgIpc) is 2.45. The predicted molar refractivity (Wildman–Crippen MR) is 75.6 cm³/mol. The van der Waals surface area contributed by atoms with Gasteiger partial charge in [-0.3, -0.25) is 0 Å². The van der Waals surface area contributed by atoms with Crippen LogP contribution in [0.1, 0.15) is 16.7 Å². The number of rotatable bonds is 5. The first-order valence-corrected chi connectivity index (χ1v) is 6.37. The molecule has 0 aliphatic heterocycles. The minimum absolute atomic E-state index is 0.0859. The lowest BCUT2D eigenvalue weighted by atomic mass is 10.1. The predicted octanol–water partition coefficient (Wildman–Crippen LogP) is 4.03. The molecule has 106 valence electrons. The molecule has 0 atom stereocenters. The summed E-state index contributed by atoms with van der Waals surface area (Å²) in [4.78, 5) is 0. The Morgan fingerprint density at radius 1 is 1.05 bits per heavy atom. The number of hydrogen-bond donors (Lipinski definition) is 1. The number of nitrogens with one attached hydrogen (secondary N) is 1. The normalized spacial score (nSPS) is 10.6. The van der Waals surface area contributed by atoms with E-state index in [-0.39, 0.29) is 5.69 Å². The van der Waals surface area contributed by atoms with Crippen LogP contribution in [0, 0.1) is 18.6 Å². The molecule has 0 bridgehead atoms. The topological polar surface area (TPSA) is 21.3 Å². The van der Waals surface area contributed by atoms with Crippen molar-refractivity contribution in [1.29, 1.82) is 0 Å². The number of anilines is 1. The van der Waals surface area contributed by atoms with Crippen molar-refractivity contribution in [3.05, 3.63) is 64.7 Å². The number of halogens is 2. The van der Waals surface area contributed by atoms with Crippen molar-refractivity contribution in [2.75, 3.05) is 12.4 Å².